The minimum Gasteiger partial charge on any atom is -0.463 e. The number of nitrogens with two attached hydrogens (primary N) is 1. The molecule has 1 unspecified atom stereocenters. The highest BCUT2D eigenvalue weighted by molar-refractivity contribution is 6.30. The first-order valence-electron chi connectivity index (χ1n) is 7.55. The molecule has 0 saturated carbocycles. The zero-order valence-electron chi connectivity index (χ0n) is 14.1. The molecule has 2 N–H and O–H groups in total. The van der Waals surface area contributed by atoms with Crippen LogP contribution < -0.4 is 5.73 Å². The third-order valence-electron chi connectivity index (χ3n) is 3.83. The number of hydrogen-bond donors (Lipinski definition) is 1. The number of nitriles is 1. The average Bonchev–Trinajstić information content (AvgIpc) is 2.55. The lowest BCUT2D eigenvalue weighted by atomic mass is 9.80. The molecule has 0 amide bonds. The number of nitrogens with zero attached hydrogens (tertiary/aromatic N) is 1. The summed E-state index contributed by atoms with van der Waals surface area (Å²) in [7, 11) is 0. The van der Waals surface area contributed by atoms with Crippen molar-refractivity contribution in [2.75, 3.05) is 6.61 Å². The lowest BCUT2D eigenvalue weighted by Crippen LogP contribution is -2.28. The summed E-state index contributed by atoms with van der Waals surface area (Å²) in [5.74, 6) is -5.03. The molecule has 1 aliphatic heterocycles. The molecule has 1 atom stereocenters. The fourth-order valence-electron chi connectivity index (χ4n) is 2.74. The third kappa shape index (κ3) is 3.71. The molecule has 1 aliphatic rings. The van der Waals surface area contributed by atoms with Crippen molar-refractivity contribution in [3.63, 3.8) is 0 Å². The lowest BCUT2D eigenvalue weighted by Gasteiger charge is -2.29. The van der Waals surface area contributed by atoms with Gasteiger partial charge in [0.25, 0.3) is 0 Å². The number of carbonyl (C=O) groups is 1. The molecule has 10 heteroatoms. The van der Waals surface area contributed by atoms with Crippen LogP contribution >= 0.6 is 11.6 Å². The Hall–Kier alpha value is -2.73. The molecule has 27 heavy (non-hydrogen) atoms. The van der Waals surface area contributed by atoms with Gasteiger partial charge < -0.3 is 15.2 Å². The fraction of sp³-hybridized carbons (Fsp3) is 0.294. The number of benzene rings is 1. The van der Waals surface area contributed by atoms with Crippen molar-refractivity contribution in [3.8, 4) is 6.07 Å². The molecule has 0 saturated heterocycles. The number of ether oxygens (including phenoxy) is 2. The number of esters is 1. The molecule has 0 bridgehead atoms. The van der Waals surface area contributed by atoms with E-state index in [1.807, 2.05) is 0 Å². The highest BCUT2D eigenvalue weighted by atomic mass is 35.5. The monoisotopic (exact) mass is 404 g/mol. The van der Waals surface area contributed by atoms with Crippen LogP contribution in [0.15, 0.2) is 34.9 Å². The molecule has 0 aromatic heterocycles. The van der Waals surface area contributed by atoms with Crippen LogP contribution in [0.25, 0.3) is 0 Å². The summed E-state index contributed by atoms with van der Waals surface area (Å²) < 4.78 is 65.2. The second kappa shape index (κ2) is 7.48. The summed E-state index contributed by atoms with van der Waals surface area (Å²) >= 11 is 5.67. The van der Waals surface area contributed by atoms with Crippen molar-refractivity contribution < 1.29 is 31.8 Å². The maximum Gasteiger partial charge on any atom is 0.416 e. The van der Waals surface area contributed by atoms with Gasteiger partial charge in [-0.05, 0) is 26.0 Å². The largest absolute Gasteiger partial charge is 0.463 e. The predicted molar refractivity (Wildman–Crippen MR) is 86.4 cm³/mol. The quantitative estimate of drug-likeness (QED) is 0.604. The predicted octanol–water partition coefficient (Wildman–Crippen LogP) is 4.14. The van der Waals surface area contributed by atoms with E-state index in [0.29, 0.717) is 6.07 Å². The van der Waals surface area contributed by atoms with Gasteiger partial charge >= 0.3 is 12.1 Å². The van der Waals surface area contributed by atoms with Crippen LogP contribution in [0.2, 0.25) is 5.02 Å². The first kappa shape index (κ1) is 20.6. The first-order chi connectivity index (χ1) is 12.5. The summed E-state index contributed by atoms with van der Waals surface area (Å²) in [6, 6.07) is 2.89. The average molecular weight is 405 g/mol. The molecular weight excluding hydrogens is 392 g/mol. The number of hydrogen-bond acceptors (Lipinski definition) is 5. The Morgan fingerprint density at radius 3 is 2.59 bits per heavy atom. The summed E-state index contributed by atoms with van der Waals surface area (Å²) in [4.78, 5) is 12.3. The van der Waals surface area contributed by atoms with Gasteiger partial charge in [-0.15, -0.1) is 0 Å². The van der Waals surface area contributed by atoms with E-state index in [1.54, 1.807) is 6.07 Å². The van der Waals surface area contributed by atoms with Crippen LogP contribution in [0.3, 0.4) is 0 Å². The van der Waals surface area contributed by atoms with Gasteiger partial charge in [0.1, 0.15) is 23.2 Å². The van der Waals surface area contributed by atoms with E-state index in [4.69, 9.17) is 26.8 Å². The normalized spacial score (nSPS) is 17.5. The van der Waals surface area contributed by atoms with Crippen LogP contribution in [0, 0.1) is 17.1 Å². The van der Waals surface area contributed by atoms with E-state index in [1.165, 1.54) is 13.8 Å². The van der Waals surface area contributed by atoms with Crippen LogP contribution in [-0.2, 0) is 20.4 Å². The summed E-state index contributed by atoms with van der Waals surface area (Å²) in [6.07, 6.45) is -4.98. The van der Waals surface area contributed by atoms with Crippen molar-refractivity contribution in [3.05, 3.63) is 56.9 Å². The van der Waals surface area contributed by atoms with E-state index in [0.717, 1.165) is 6.07 Å². The molecule has 0 radical (unpaired) electrons. The van der Waals surface area contributed by atoms with Crippen molar-refractivity contribution in [1.29, 1.82) is 5.26 Å². The molecule has 0 spiro atoms. The summed E-state index contributed by atoms with van der Waals surface area (Å²) in [5.41, 5.74) is 2.18. The van der Waals surface area contributed by atoms with Crippen LogP contribution in [0.1, 0.15) is 30.9 Å². The number of alkyl halides is 3. The second-order valence-corrected chi connectivity index (χ2v) is 5.84. The van der Waals surface area contributed by atoms with Crippen molar-refractivity contribution in [2.24, 2.45) is 5.73 Å². The van der Waals surface area contributed by atoms with Crippen molar-refractivity contribution in [1.82, 2.24) is 0 Å². The van der Waals surface area contributed by atoms with Crippen LogP contribution in [0.5, 0.6) is 0 Å². The summed E-state index contributed by atoms with van der Waals surface area (Å²) in [5, 5.41) is 8.77. The van der Waals surface area contributed by atoms with Gasteiger partial charge in [-0.3, -0.25) is 0 Å². The standard InChI is InChI=1S/C17H13ClF4N2O3/c1-3-26-16(25)11-7(2)27-15(24)8(6-23)12(11)13-9(17(20,21)22)4-5-10(18)14(13)19/h4-5,12H,3,24H2,1-2H3. The topological polar surface area (TPSA) is 85.3 Å². The molecule has 1 aromatic carbocycles. The number of halogens is 5. The Morgan fingerprint density at radius 2 is 2.07 bits per heavy atom. The minimum absolute atomic E-state index is 0.104. The van der Waals surface area contributed by atoms with Gasteiger partial charge in [0, 0.05) is 5.56 Å². The van der Waals surface area contributed by atoms with Gasteiger partial charge in [0.15, 0.2) is 0 Å². The highest BCUT2D eigenvalue weighted by Crippen LogP contribution is 2.46. The van der Waals surface area contributed by atoms with Crippen molar-refractivity contribution >= 4 is 17.6 Å². The van der Waals surface area contributed by atoms with Crippen LogP contribution in [0.4, 0.5) is 17.6 Å². The van der Waals surface area contributed by atoms with Crippen LogP contribution in [-0.4, -0.2) is 12.6 Å². The molecular formula is C17H13ClF4N2O3. The maximum atomic E-state index is 14.7. The Labute approximate surface area is 156 Å². The van der Waals surface area contributed by atoms with Gasteiger partial charge in [-0.2, -0.15) is 18.4 Å². The minimum atomic E-state index is -4.98. The molecule has 0 aliphatic carbocycles. The number of allylic oxidation sites excluding steroid dienone is 2. The second-order valence-electron chi connectivity index (χ2n) is 5.44. The number of carbonyl (C=O) groups excluding carboxylic acids is 1. The van der Waals surface area contributed by atoms with E-state index >= 15 is 0 Å². The third-order valence-corrected chi connectivity index (χ3v) is 4.12. The molecule has 2 rings (SSSR count). The highest BCUT2D eigenvalue weighted by Gasteiger charge is 2.44. The zero-order chi connectivity index (χ0) is 20.5. The van der Waals surface area contributed by atoms with Crippen molar-refractivity contribution in [2.45, 2.75) is 25.9 Å². The van der Waals surface area contributed by atoms with Gasteiger partial charge in [0.05, 0.1) is 28.7 Å². The Balaban J connectivity index is 2.90. The molecule has 144 valence electrons. The molecule has 1 aromatic rings. The van der Waals surface area contributed by atoms with Gasteiger partial charge in [-0.25, -0.2) is 9.18 Å². The maximum absolute atomic E-state index is 14.7. The molecule has 1 heterocycles. The lowest BCUT2D eigenvalue weighted by molar-refractivity contribution is -0.141. The first-order valence-corrected chi connectivity index (χ1v) is 7.92. The van der Waals surface area contributed by atoms with E-state index in [2.05, 4.69) is 0 Å². The number of rotatable bonds is 3. The molecule has 0 fully saturated rings. The Kier molecular flexibility index (Phi) is 5.70. The summed E-state index contributed by atoms with van der Waals surface area (Å²) in [6.45, 7) is 2.62. The van der Waals surface area contributed by atoms with Gasteiger partial charge in [0.2, 0.25) is 5.88 Å². The smallest absolute Gasteiger partial charge is 0.416 e. The van der Waals surface area contributed by atoms with E-state index < -0.39 is 57.1 Å². The fourth-order valence-corrected chi connectivity index (χ4v) is 2.90. The Morgan fingerprint density at radius 1 is 1.44 bits per heavy atom. The molecule has 5 nitrogen and oxygen atoms in total. The zero-order valence-corrected chi connectivity index (χ0v) is 14.8. The van der Waals surface area contributed by atoms with E-state index in [9.17, 15) is 27.6 Å². The van der Waals surface area contributed by atoms with Gasteiger partial charge in [-0.1, -0.05) is 11.6 Å². The van der Waals surface area contributed by atoms with E-state index in [-0.39, 0.29) is 12.4 Å². The SMILES string of the molecule is CCOC(=O)C1=C(C)OC(N)=C(C#N)C1c1c(C(F)(F)F)ccc(Cl)c1F. The Bertz CT molecular complexity index is 901.